The second kappa shape index (κ2) is 9.13. The number of carbonyl (C=O) groups is 1. The van der Waals surface area contributed by atoms with Crippen LogP contribution in [0.25, 0.3) is 11.2 Å². The summed E-state index contributed by atoms with van der Waals surface area (Å²) in [4.78, 5) is 24.2. The highest BCUT2D eigenvalue weighted by atomic mass is 19.2. The molecule has 0 radical (unpaired) electrons. The Morgan fingerprint density at radius 2 is 2.13 bits per heavy atom. The van der Waals surface area contributed by atoms with Gasteiger partial charge in [-0.3, -0.25) is 9.36 Å². The normalized spacial score (nSPS) is 28.0. The lowest BCUT2D eigenvalue weighted by Gasteiger charge is -2.29. The van der Waals surface area contributed by atoms with E-state index in [1.54, 1.807) is 0 Å². The third-order valence-corrected chi connectivity index (χ3v) is 5.30. The average molecular weight is 435 g/mol. The molecule has 4 atom stereocenters. The standard InChI is InChI=1S/C20H26FN5O5/c1-3-5-6-7-8-9-13(28)30-17-19(29,4-2)18(31-20(17,21)10-27)26-12-25-14-15(22)23-11-24-16(14)26/h2,11-12,17-18,27,29H,3,5-10H2,1H3,(H2,22,23,24)/t17-,18+,19+,20+/m0/s1. The molecule has 168 valence electrons. The van der Waals surface area contributed by atoms with Gasteiger partial charge >= 0.3 is 5.97 Å². The number of fused-ring (bicyclic) bond motifs is 1. The lowest BCUT2D eigenvalue weighted by molar-refractivity contribution is -0.217. The minimum Gasteiger partial charge on any atom is -0.452 e. The number of ether oxygens (including phenoxy) is 2. The number of imidazole rings is 1. The predicted octanol–water partition coefficient (Wildman–Crippen LogP) is 1.23. The number of anilines is 1. The molecule has 0 saturated carbocycles. The first-order chi connectivity index (χ1) is 14.8. The van der Waals surface area contributed by atoms with Crippen molar-refractivity contribution in [1.29, 1.82) is 0 Å². The quantitative estimate of drug-likeness (QED) is 0.301. The number of aliphatic hydroxyl groups is 2. The summed E-state index contributed by atoms with van der Waals surface area (Å²) in [6.45, 7) is 0.872. The minimum absolute atomic E-state index is 0.0187. The molecule has 1 saturated heterocycles. The van der Waals surface area contributed by atoms with E-state index in [9.17, 15) is 15.0 Å². The number of alkyl halides is 1. The molecule has 2 aromatic heterocycles. The zero-order valence-electron chi connectivity index (χ0n) is 17.2. The van der Waals surface area contributed by atoms with Crippen LogP contribution in [0.4, 0.5) is 10.2 Å². The highest BCUT2D eigenvalue weighted by Crippen LogP contribution is 2.47. The third kappa shape index (κ3) is 4.19. The number of rotatable bonds is 9. The van der Waals surface area contributed by atoms with Gasteiger partial charge < -0.3 is 25.4 Å². The van der Waals surface area contributed by atoms with Crippen molar-refractivity contribution in [3.63, 3.8) is 0 Å². The van der Waals surface area contributed by atoms with E-state index in [0.29, 0.717) is 6.42 Å². The molecule has 11 heteroatoms. The number of nitrogens with zero attached hydrogens (tertiary/aromatic N) is 4. The lowest BCUT2D eigenvalue weighted by Crippen LogP contribution is -2.52. The maximum absolute atomic E-state index is 15.5. The van der Waals surface area contributed by atoms with Crippen LogP contribution >= 0.6 is 0 Å². The van der Waals surface area contributed by atoms with Crippen molar-refractivity contribution in [3.05, 3.63) is 12.7 Å². The molecular weight excluding hydrogens is 409 g/mol. The molecule has 4 N–H and O–H groups in total. The summed E-state index contributed by atoms with van der Waals surface area (Å²) in [7, 11) is 0. The number of aliphatic hydroxyl groups excluding tert-OH is 1. The monoisotopic (exact) mass is 435 g/mol. The topological polar surface area (TPSA) is 146 Å². The SMILES string of the molecule is C#C[C@]1(O)[C@H](n2cnc3c(N)ncnc32)O[C@](F)(CO)[C@H]1OC(=O)CCCCCCC. The Bertz CT molecular complexity index is 979. The van der Waals surface area contributed by atoms with Gasteiger partial charge in [-0.25, -0.2) is 19.3 Å². The Morgan fingerprint density at radius 1 is 1.39 bits per heavy atom. The highest BCUT2D eigenvalue weighted by molar-refractivity contribution is 5.81. The Morgan fingerprint density at radius 3 is 2.81 bits per heavy atom. The van der Waals surface area contributed by atoms with Gasteiger partial charge in [0.15, 0.2) is 17.7 Å². The molecular formula is C20H26FN5O5. The first-order valence-corrected chi connectivity index (χ1v) is 10.1. The summed E-state index contributed by atoms with van der Waals surface area (Å²) in [6.07, 6.45) is 8.76. The number of esters is 1. The molecule has 10 nitrogen and oxygen atoms in total. The Kier molecular flexibility index (Phi) is 6.74. The average Bonchev–Trinajstić information content (AvgIpc) is 3.28. The van der Waals surface area contributed by atoms with Crippen LogP contribution in [0.5, 0.6) is 0 Å². The van der Waals surface area contributed by atoms with E-state index in [0.717, 1.165) is 36.6 Å². The number of halogens is 1. The molecule has 1 aliphatic heterocycles. The molecule has 1 fully saturated rings. The molecule has 3 heterocycles. The van der Waals surface area contributed by atoms with Gasteiger partial charge in [-0.15, -0.1) is 6.42 Å². The van der Waals surface area contributed by atoms with E-state index in [1.165, 1.54) is 6.33 Å². The maximum atomic E-state index is 15.5. The van der Waals surface area contributed by atoms with Gasteiger partial charge in [-0.2, -0.15) is 0 Å². The first-order valence-electron chi connectivity index (χ1n) is 10.1. The summed E-state index contributed by atoms with van der Waals surface area (Å²) in [6, 6.07) is 0. The minimum atomic E-state index is -2.95. The van der Waals surface area contributed by atoms with Crippen molar-refractivity contribution in [2.75, 3.05) is 12.3 Å². The lowest BCUT2D eigenvalue weighted by atomic mass is 9.93. The fraction of sp³-hybridized carbons (Fsp3) is 0.600. The Hall–Kier alpha value is -2.81. The number of hydrogen-bond donors (Lipinski definition) is 3. The molecule has 0 aliphatic carbocycles. The number of hydrogen-bond acceptors (Lipinski definition) is 9. The molecule has 31 heavy (non-hydrogen) atoms. The molecule has 0 bridgehead atoms. The van der Waals surface area contributed by atoms with Crippen LogP contribution in [0, 0.1) is 12.3 Å². The van der Waals surface area contributed by atoms with E-state index in [2.05, 4.69) is 27.8 Å². The Balaban J connectivity index is 1.86. The number of unbranched alkanes of at least 4 members (excludes halogenated alkanes) is 4. The van der Waals surface area contributed by atoms with Crippen LogP contribution in [-0.2, 0) is 14.3 Å². The molecule has 0 unspecified atom stereocenters. The van der Waals surface area contributed by atoms with Crippen LogP contribution in [0.1, 0.15) is 51.7 Å². The second-order valence-electron chi connectivity index (χ2n) is 7.50. The van der Waals surface area contributed by atoms with Gasteiger partial charge in [0, 0.05) is 6.42 Å². The third-order valence-electron chi connectivity index (χ3n) is 5.30. The fourth-order valence-electron chi connectivity index (χ4n) is 3.61. The van der Waals surface area contributed by atoms with Crippen molar-refractivity contribution in [1.82, 2.24) is 19.5 Å². The largest absolute Gasteiger partial charge is 0.452 e. The number of terminal acetylenes is 1. The van der Waals surface area contributed by atoms with E-state index in [1.807, 2.05) is 0 Å². The van der Waals surface area contributed by atoms with Gasteiger partial charge in [-0.1, -0.05) is 38.5 Å². The van der Waals surface area contributed by atoms with E-state index in [4.69, 9.17) is 21.6 Å². The van der Waals surface area contributed by atoms with Crippen molar-refractivity contribution >= 4 is 23.0 Å². The van der Waals surface area contributed by atoms with Crippen LogP contribution in [0.2, 0.25) is 0 Å². The van der Waals surface area contributed by atoms with Gasteiger partial charge in [-0.05, 0) is 6.42 Å². The smallest absolute Gasteiger partial charge is 0.306 e. The summed E-state index contributed by atoms with van der Waals surface area (Å²) < 4.78 is 27.1. The van der Waals surface area contributed by atoms with E-state index >= 15 is 4.39 Å². The van der Waals surface area contributed by atoms with Crippen LogP contribution in [-0.4, -0.2) is 59.9 Å². The molecule has 0 spiro atoms. The van der Waals surface area contributed by atoms with Gasteiger partial charge in [0.25, 0.3) is 5.85 Å². The molecule has 0 aromatic carbocycles. The van der Waals surface area contributed by atoms with Crippen molar-refractivity contribution < 1.29 is 28.9 Å². The number of nitrogens with two attached hydrogens (primary N) is 1. The maximum Gasteiger partial charge on any atom is 0.306 e. The molecule has 3 rings (SSSR count). The second-order valence-corrected chi connectivity index (χ2v) is 7.50. The van der Waals surface area contributed by atoms with E-state index in [-0.39, 0.29) is 23.4 Å². The van der Waals surface area contributed by atoms with Crippen LogP contribution < -0.4 is 5.73 Å². The Labute approximate surface area is 178 Å². The zero-order chi connectivity index (χ0) is 22.6. The van der Waals surface area contributed by atoms with E-state index < -0.39 is 36.4 Å². The number of carbonyl (C=O) groups excluding carboxylic acids is 1. The van der Waals surface area contributed by atoms with Gasteiger partial charge in [0.05, 0.1) is 6.33 Å². The zero-order valence-corrected chi connectivity index (χ0v) is 17.2. The van der Waals surface area contributed by atoms with Crippen LogP contribution in [0.15, 0.2) is 12.7 Å². The van der Waals surface area contributed by atoms with Crippen molar-refractivity contribution in [3.8, 4) is 12.3 Å². The highest BCUT2D eigenvalue weighted by Gasteiger charge is 2.67. The predicted molar refractivity (Wildman–Crippen MR) is 108 cm³/mol. The summed E-state index contributed by atoms with van der Waals surface area (Å²) in [5, 5.41) is 20.8. The van der Waals surface area contributed by atoms with Gasteiger partial charge in [0.1, 0.15) is 18.5 Å². The number of nitrogen functional groups attached to an aromatic ring is 1. The fourth-order valence-corrected chi connectivity index (χ4v) is 3.61. The number of aromatic nitrogens is 4. The summed E-state index contributed by atoms with van der Waals surface area (Å²) >= 11 is 0. The van der Waals surface area contributed by atoms with Gasteiger partial charge in [0.2, 0.25) is 11.7 Å². The molecule has 2 aromatic rings. The first kappa shape index (κ1) is 22.9. The van der Waals surface area contributed by atoms with Crippen molar-refractivity contribution in [2.45, 2.75) is 69.2 Å². The molecule has 0 amide bonds. The van der Waals surface area contributed by atoms with Crippen LogP contribution in [0.3, 0.4) is 0 Å². The van der Waals surface area contributed by atoms with Crippen molar-refractivity contribution in [2.24, 2.45) is 0 Å². The summed E-state index contributed by atoms with van der Waals surface area (Å²) in [5.74, 6) is -1.57. The summed E-state index contributed by atoms with van der Waals surface area (Å²) in [5.41, 5.74) is 3.61. The molecule has 1 aliphatic rings.